The number of carbonyl (C=O) groups is 1. The van der Waals surface area contributed by atoms with Crippen LogP contribution >= 0.6 is 0 Å². The molecule has 0 aliphatic carbocycles. The zero-order valence-electron chi connectivity index (χ0n) is 11.7. The Bertz CT molecular complexity index is 626. The highest BCUT2D eigenvalue weighted by Gasteiger charge is 2.28. The predicted molar refractivity (Wildman–Crippen MR) is 78.2 cm³/mol. The normalized spacial score (nSPS) is 18.4. The number of sulfonamides is 1. The number of carbonyl (C=O) groups excluding carboxylic acids is 1. The van der Waals surface area contributed by atoms with E-state index in [1.54, 1.807) is 13.0 Å². The van der Waals surface area contributed by atoms with Gasteiger partial charge in [-0.1, -0.05) is 20.8 Å². The molecule has 0 fully saturated rings. The van der Waals surface area contributed by atoms with Crippen molar-refractivity contribution in [2.75, 3.05) is 17.2 Å². The average molecular weight is 297 g/mol. The van der Waals surface area contributed by atoms with Crippen molar-refractivity contribution in [2.45, 2.75) is 31.7 Å². The SMILES string of the molecule is CCNS(=O)(=O)c1ccc2c(c1)NC(=O)C(C(C)C)N2. The van der Waals surface area contributed by atoms with Gasteiger partial charge in [0.1, 0.15) is 6.04 Å². The van der Waals surface area contributed by atoms with Crippen LogP contribution < -0.4 is 15.4 Å². The van der Waals surface area contributed by atoms with E-state index in [1.807, 2.05) is 13.8 Å². The molecule has 0 aromatic heterocycles. The lowest BCUT2D eigenvalue weighted by Gasteiger charge is -2.29. The largest absolute Gasteiger partial charge is 0.372 e. The molecule has 1 unspecified atom stereocenters. The van der Waals surface area contributed by atoms with Crippen LogP contribution in [-0.2, 0) is 14.8 Å². The summed E-state index contributed by atoms with van der Waals surface area (Å²) in [6.45, 7) is 5.93. The molecule has 0 bridgehead atoms. The Labute approximate surface area is 119 Å². The maximum Gasteiger partial charge on any atom is 0.247 e. The topological polar surface area (TPSA) is 87.3 Å². The molecule has 1 aliphatic rings. The number of anilines is 2. The van der Waals surface area contributed by atoms with E-state index in [0.717, 1.165) is 5.69 Å². The minimum absolute atomic E-state index is 0.142. The van der Waals surface area contributed by atoms with Gasteiger partial charge in [-0.3, -0.25) is 4.79 Å². The Balaban J connectivity index is 2.35. The highest BCUT2D eigenvalue weighted by Crippen LogP contribution is 2.30. The van der Waals surface area contributed by atoms with Gasteiger partial charge in [-0.15, -0.1) is 0 Å². The molecule has 0 saturated heterocycles. The molecule has 0 spiro atoms. The van der Waals surface area contributed by atoms with Gasteiger partial charge in [0.15, 0.2) is 0 Å². The first kappa shape index (κ1) is 14.8. The molecule has 1 aromatic carbocycles. The van der Waals surface area contributed by atoms with Gasteiger partial charge < -0.3 is 10.6 Å². The number of nitrogens with one attached hydrogen (secondary N) is 3. The van der Waals surface area contributed by atoms with Crippen LogP contribution in [0.15, 0.2) is 23.1 Å². The van der Waals surface area contributed by atoms with Crippen LogP contribution in [-0.4, -0.2) is 26.9 Å². The summed E-state index contributed by atoms with van der Waals surface area (Å²) in [5.74, 6) is -0.00110. The lowest BCUT2D eigenvalue weighted by molar-refractivity contribution is -0.117. The molecule has 3 N–H and O–H groups in total. The van der Waals surface area contributed by atoms with Gasteiger partial charge in [0.05, 0.1) is 16.3 Å². The van der Waals surface area contributed by atoms with Gasteiger partial charge in [-0.05, 0) is 24.1 Å². The summed E-state index contributed by atoms with van der Waals surface area (Å²) < 4.78 is 26.3. The lowest BCUT2D eigenvalue weighted by Crippen LogP contribution is -2.42. The molecule has 2 rings (SSSR count). The maximum absolute atomic E-state index is 11.9. The number of hydrogen-bond acceptors (Lipinski definition) is 4. The molecule has 0 saturated carbocycles. The predicted octanol–water partition coefficient (Wildman–Crippen LogP) is 1.37. The average Bonchev–Trinajstić information content (AvgIpc) is 2.36. The minimum Gasteiger partial charge on any atom is -0.372 e. The maximum atomic E-state index is 11.9. The van der Waals surface area contributed by atoms with Crippen LogP contribution in [0.4, 0.5) is 11.4 Å². The second kappa shape index (κ2) is 5.41. The van der Waals surface area contributed by atoms with Gasteiger partial charge >= 0.3 is 0 Å². The first-order valence-electron chi connectivity index (χ1n) is 6.56. The molecule has 0 radical (unpaired) electrons. The van der Waals surface area contributed by atoms with Crippen molar-refractivity contribution < 1.29 is 13.2 Å². The Morgan fingerprint density at radius 2 is 2.00 bits per heavy atom. The fourth-order valence-corrected chi connectivity index (χ4v) is 3.17. The van der Waals surface area contributed by atoms with E-state index in [-0.39, 0.29) is 22.8 Å². The van der Waals surface area contributed by atoms with Crippen molar-refractivity contribution in [1.82, 2.24) is 4.72 Å². The third-order valence-corrected chi connectivity index (χ3v) is 4.70. The van der Waals surface area contributed by atoms with E-state index in [4.69, 9.17) is 0 Å². The second-order valence-electron chi connectivity index (χ2n) is 5.06. The fraction of sp³-hybridized carbons (Fsp3) is 0.462. The van der Waals surface area contributed by atoms with E-state index in [1.165, 1.54) is 12.1 Å². The summed E-state index contributed by atoms with van der Waals surface area (Å²) >= 11 is 0. The van der Waals surface area contributed by atoms with Crippen LogP contribution in [0.5, 0.6) is 0 Å². The van der Waals surface area contributed by atoms with Crippen LogP contribution in [0, 0.1) is 5.92 Å². The van der Waals surface area contributed by atoms with E-state index >= 15 is 0 Å². The number of fused-ring (bicyclic) bond motifs is 1. The lowest BCUT2D eigenvalue weighted by atomic mass is 10.0. The number of benzene rings is 1. The summed E-state index contributed by atoms with van der Waals surface area (Å²) in [4.78, 5) is 12.1. The number of amides is 1. The van der Waals surface area contributed by atoms with Crippen LogP contribution in [0.3, 0.4) is 0 Å². The summed E-state index contributed by atoms with van der Waals surface area (Å²) in [6.07, 6.45) is 0. The Hall–Kier alpha value is -1.60. The van der Waals surface area contributed by atoms with Gasteiger partial charge in [-0.2, -0.15) is 0 Å². The zero-order valence-corrected chi connectivity index (χ0v) is 12.5. The van der Waals surface area contributed by atoms with E-state index in [9.17, 15) is 13.2 Å². The molecule has 1 aliphatic heterocycles. The molecule has 6 nitrogen and oxygen atoms in total. The Kier molecular flexibility index (Phi) is 4.01. The third kappa shape index (κ3) is 2.78. The summed E-state index contributed by atoms with van der Waals surface area (Å²) in [5.41, 5.74) is 1.23. The first-order chi connectivity index (χ1) is 9.35. The van der Waals surface area contributed by atoms with Crippen molar-refractivity contribution in [3.8, 4) is 0 Å². The molecule has 1 heterocycles. The highest BCUT2D eigenvalue weighted by molar-refractivity contribution is 7.89. The molecule has 110 valence electrons. The molecular formula is C13H19N3O3S. The Morgan fingerprint density at radius 3 is 2.60 bits per heavy atom. The van der Waals surface area contributed by atoms with Crippen molar-refractivity contribution in [1.29, 1.82) is 0 Å². The monoisotopic (exact) mass is 297 g/mol. The van der Waals surface area contributed by atoms with Crippen molar-refractivity contribution >= 4 is 27.3 Å². The van der Waals surface area contributed by atoms with Crippen LogP contribution in [0.25, 0.3) is 0 Å². The van der Waals surface area contributed by atoms with Crippen LogP contribution in [0.1, 0.15) is 20.8 Å². The smallest absolute Gasteiger partial charge is 0.247 e. The van der Waals surface area contributed by atoms with Gasteiger partial charge in [-0.25, -0.2) is 13.1 Å². The van der Waals surface area contributed by atoms with E-state index < -0.39 is 10.0 Å². The number of rotatable bonds is 4. The fourth-order valence-electron chi connectivity index (χ4n) is 2.11. The number of hydrogen-bond donors (Lipinski definition) is 3. The van der Waals surface area contributed by atoms with Crippen LogP contribution in [0.2, 0.25) is 0 Å². The van der Waals surface area contributed by atoms with Crippen molar-refractivity contribution in [2.24, 2.45) is 5.92 Å². The summed E-state index contributed by atoms with van der Waals surface area (Å²) in [5, 5.41) is 5.88. The van der Waals surface area contributed by atoms with Crippen molar-refractivity contribution in [3.05, 3.63) is 18.2 Å². The molecular weight excluding hydrogens is 278 g/mol. The van der Waals surface area contributed by atoms with Gasteiger partial charge in [0.25, 0.3) is 0 Å². The molecule has 1 atom stereocenters. The Morgan fingerprint density at radius 1 is 1.30 bits per heavy atom. The second-order valence-corrected chi connectivity index (χ2v) is 6.83. The van der Waals surface area contributed by atoms with Crippen molar-refractivity contribution in [3.63, 3.8) is 0 Å². The zero-order chi connectivity index (χ0) is 14.9. The third-order valence-electron chi connectivity index (χ3n) is 3.15. The summed E-state index contributed by atoms with van der Waals surface area (Å²) in [7, 11) is -3.52. The molecule has 1 aromatic rings. The quantitative estimate of drug-likeness (QED) is 0.783. The van der Waals surface area contributed by atoms with E-state index in [0.29, 0.717) is 12.2 Å². The molecule has 7 heteroatoms. The standard InChI is InChI=1S/C13H19N3O3S/c1-4-14-20(18,19)9-5-6-10-11(7-9)16-13(17)12(15-10)8(2)3/h5-8,12,14-15H,4H2,1-3H3,(H,16,17). The minimum atomic E-state index is -3.52. The highest BCUT2D eigenvalue weighted by atomic mass is 32.2. The van der Waals surface area contributed by atoms with Gasteiger partial charge in [0, 0.05) is 6.54 Å². The summed E-state index contributed by atoms with van der Waals surface area (Å²) in [6, 6.07) is 4.36. The van der Waals surface area contributed by atoms with E-state index in [2.05, 4.69) is 15.4 Å². The van der Waals surface area contributed by atoms with Gasteiger partial charge in [0.2, 0.25) is 15.9 Å². The molecule has 1 amide bonds. The first-order valence-corrected chi connectivity index (χ1v) is 8.04. The molecule has 20 heavy (non-hydrogen) atoms.